The van der Waals surface area contributed by atoms with Gasteiger partial charge < -0.3 is 10.2 Å². The molecule has 0 saturated carbocycles. The molecular formula is C15H26N2S. The minimum Gasteiger partial charge on any atom is -0.312 e. The summed E-state index contributed by atoms with van der Waals surface area (Å²) in [5.41, 5.74) is 1.38. The third-order valence-electron chi connectivity index (χ3n) is 3.28. The summed E-state index contributed by atoms with van der Waals surface area (Å²) in [6.45, 7) is 7.97. The molecule has 0 fully saturated rings. The van der Waals surface area contributed by atoms with E-state index < -0.39 is 0 Å². The highest BCUT2D eigenvalue weighted by atomic mass is 32.2. The molecule has 1 N–H and O–H groups in total. The fourth-order valence-electron chi connectivity index (χ4n) is 1.97. The minimum atomic E-state index is 0.466. The van der Waals surface area contributed by atoms with Crippen LogP contribution in [0.4, 0.5) is 0 Å². The largest absolute Gasteiger partial charge is 0.312 e. The summed E-state index contributed by atoms with van der Waals surface area (Å²) in [7, 11) is 2.04. The van der Waals surface area contributed by atoms with Crippen molar-refractivity contribution in [1.29, 1.82) is 0 Å². The Morgan fingerprint density at radius 1 is 1.17 bits per heavy atom. The maximum Gasteiger partial charge on any atom is 0.0409 e. The SMILES string of the molecule is CCN(CC)CCSCC(NC)c1ccccc1. The summed E-state index contributed by atoms with van der Waals surface area (Å²) in [6.07, 6.45) is 0. The summed E-state index contributed by atoms with van der Waals surface area (Å²) in [5.74, 6) is 2.36. The average molecular weight is 266 g/mol. The Hall–Kier alpha value is -0.510. The molecule has 1 atom stereocenters. The second-order valence-electron chi connectivity index (χ2n) is 4.35. The standard InChI is InChI=1S/C15H26N2S/c1-4-17(5-2)11-12-18-13-15(16-3)14-9-7-6-8-10-14/h6-10,15-16H,4-5,11-13H2,1-3H3. The second-order valence-corrected chi connectivity index (χ2v) is 5.50. The zero-order valence-corrected chi connectivity index (χ0v) is 12.7. The number of hydrogen-bond acceptors (Lipinski definition) is 3. The van der Waals surface area contributed by atoms with Gasteiger partial charge in [-0.25, -0.2) is 0 Å². The summed E-state index contributed by atoms with van der Waals surface area (Å²) < 4.78 is 0. The molecule has 0 heterocycles. The van der Waals surface area contributed by atoms with Gasteiger partial charge in [0, 0.05) is 24.1 Å². The third kappa shape index (κ3) is 5.42. The van der Waals surface area contributed by atoms with Gasteiger partial charge in [0.2, 0.25) is 0 Å². The monoisotopic (exact) mass is 266 g/mol. The van der Waals surface area contributed by atoms with Crippen molar-refractivity contribution >= 4 is 11.8 Å². The smallest absolute Gasteiger partial charge is 0.0409 e. The van der Waals surface area contributed by atoms with Crippen LogP contribution in [-0.2, 0) is 0 Å². The Labute approximate surface area is 116 Å². The van der Waals surface area contributed by atoms with E-state index in [2.05, 4.69) is 54.4 Å². The zero-order chi connectivity index (χ0) is 13.2. The van der Waals surface area contributed by atoms with E-state index in [1.165, 1.54) is 17.9 Å². The molecule has 2 nitrogen and oxygen atoms in total. The molecule has 1 aromatic rings. The summed E-state index contributed by atoms with van der Waals surface area (Å²) >= 11 is 2.04. The highest BCUT2D eigenvalue weighted by molar-refractivity contribution is 7.99. The lowest BCUT2D eigenvalue weighted by molar-refractivity contribution is 0.324. The van der Waals surface area contributed by atoms with E-state index in [0.29, 0.717) is 6.04 Å². The topological polar surface area (TPSA) is 15.3 Å². The molecule has 102 valence electrons. The fourth-order valence-corrected chi connectivity index (χ4v) is 3.12. The van der Waals surface area contributed by atoms with E-state index in [4.69, 9.17) is 0 Å². The van der Waals surface area contributed by atoms with Crippen LogP contribution in [0, 0.1) is 0 Å². The molecule has 0 radical (unpaired) electrons. The highest BCUT2D eigenvalue weighted by Crippen LogP contribution is 2.17. The predicted octanol–water partition coefficient (Wildman–Crippen LogP) is 3.02. The van der Waals surface area contributed by atoms with Crippen molar-refractivity contribution in [2.24, 2.45) is 0 Å². The van der Waals surface area contributed by atoms with Crippen molar-refractivity contribution in [3.63, 3.8) is 0 Å². The van der Waals surface area contributed by atoms with Crippen LogP contribution in [-0.4, -0.2) is 43.1 Å². The van der Waals surface area contributed by atoms with Gasteiger partial charge in [0.25, 0.3) is 0 Å². The number of nitrogens with zero attached hydrogens (tertiary/aromatic N) is 1. The van der Waals surface area contributed by atoms with Crippen molar-refractivity contribution in [3.8, 4) is 0 Å². The van der Waals surface area contributed by atoms with Crippen LogP contribution in [0.25, 0.3) is 0 Å². The molecule has 0 aliphatic carbocycles. The molecule has 1 aromatic carbocycles. The van der Waals surface area contributed by atoms with Gasteiger partial charge in [0.1, 0.15) is 0 Å². The summed E-state index contributed by atoms with van der Waals surface area (Å²) in [5, 5.41) is 3.40. The number of thioether (sulfide) groups is 1. The van der Waals surface area contributed by atoms with Crippen LogP contribution in [0.3, 0.4) is 0 Å². The minimum absolute atomic E-state index is 0.466. The fraction of sp³-hybridized carbons (Fsp3) is 0.600. The lowest BCUT2D eigenvalue weighted by atomic mass is 10.1. The maximum absolute atomic E-state index is 3.40. The average Bonchev–Trinajstić information content (AvgIpc) is 2.44. The van der Waals surface area contributed by atoms with Crippen molar-refractivity contribution in [2.75, 3.05) is 38.2 Å². The van der Waals surface area contributed by atoms with Gasteiger partial charge in [-0.05, 0) is 25.7 Å². The molecule has 18 heavy (non-hydrogen) atoms. The molecule has 0 amide bonds. The Kier molecular flexibility index (Phi) is 8.14. The van der Waals surface area contributed by atoms with Crippen LogP contribution >= 0.6 is 11.8 Å². The summed E-state index contributed by atoms with van der Waals surface area (Å²) in [4.78, 5) is 2.48. The van der Waals surface area contributed by atoms with Crippen molar-refractivity contribution in [3.05, 3.63) is 35.9 Å². The summed E-state index contributed by atoms with van der Waals surface area (Å²) in [6, 6.07) is 11.2. The molecule has 0 aliphatic heterocycles. The second kappa shape index (κ2) is 9.42. The van der Waals surface area contributed by atoms with Crippen molar-refractivity contribution in [2.45, 2.75) is 19.9 Å². The van der Waals surface area contributed by atoms with E-state index >= 15 is 0 Å². The number of hydrogen-bond donors (Lipinski definition) is 1. The first kappa shape index (κ1) is 15.5. The van der Waals surface area contributed by atoms with E-state index in [1.807, 2.05) is 18.8 Å². The van der Waals surface area contributed by atoms with Gasteiger partial charge in [0.05, 0.1) is 0 Å². The Balaban J connectivity index is 2.28. The Morgan fingerprint density at radius 3 is 2.39 bits per heavy atom. The van der Waals surface area contributed by atoms with Gasteiger partial charge >= 0.3 is 0 Å². The van der Waals surface area contributed by atoms with Crippen molar-refractivity contribution < 1.29 is 0 Å². The van der Waals surface area contributed by atoms with Crippen LogP contribution < -0.4 is 5.32 Å². The number of rotatable bonds is 9. The molecule has 0 aromatic heterocycles. The van der Waals surface area contributed by atoms with Gasteiger partial charge in [-0.1, -0.05) is 44.2 Å². The van der Waals surface area contributed by atoms with E-state index in [1.54, 1.807) is 0 Å². The van der Waals surface area contributed by atoms with E-state index in [9.17, 15) is 0 Å². The normalized spacial score (nSPS) is 12.9. The predicted molar refractivity (Wildman–Crippen MR) is 83.4 cm³/mol. The molecule has 0 saturated heterocycles. The number of nitrogens with one attached hydrogen (secondary N) is 1. The van der Waals surface area contributed by atoms with Crippen LogP contribution in [0.2, 0.25) is 0 Å². The van der Waals surface area contributed by atoms with Crippen LogP contribution in [0.5, 0.6) is 0 Å². The molecular weight excluding hydrogens is 240 g/mol. The Morgan fingerprint density at radius 2 is 1.83 bits per heavy atom. The first-order valence-corrected chi connectivity index (χ1v) is 7.99. The van der Waals surface area contributed by atoms with Crippen LogP contribution in [0.15, 0.2) is 30.3 Å². The van der Waals surface area contributed by atoms with E-state index in [0.717, 1.165) is 18.8 Å². The zero-order valence-electron chi connectivity index (χ0n) is 11.9. The Bertz CT molecular complexity index is 299. The maximum atomic E-state index is 3.40. The third-order valence-corrected chi connectivity index (χ3v) is 4.32. The van der Waals surface area contributed by atoms with Gasteiger partial charge in [-0.3, -0.25) is 0 Å². The van der Waals surface area contributed by atoms with E-state index in [-0.39, 0.29) is 0 Å². The lowest BCUT2D eigenvalue weighted by Crippen LogP contribution is -2.26. The van der Waals surface area contributed by atoms with Crippen molar-refractivity contribution in [1.82, 2.24) is 10.2 Å². The first-order valence-electron chi connectivity index (χ1n) is 6.84. The first-order chi connectivity index (χ1) is 8.81. The molecule has 1 unspecified atom stereocenters. The highest BCUT2D eigenvalue weighted by Gasteiger charge is 2.08. The molecule has 0 bridgehead atoms. The number of benzene rings is 1. The molecule has 3 heteroatoms. The lowest BCUT2D eigenvalue weighted by Gasteiger charge is -2.19. The quantitative estimate of drug-likeness (QED) is 0.692. The van der Waals surface area contributed by atoms with Gasteiger partial charge in [0.15, 0.2) is 0 Å². The molecule has 0 aliphatic rings. The van der Waals surface area contributed by atoms with Crippen LogP contribution in [0.1, 0.15) is 25.5 Å². The van der Waals surface area contributed by atoms with Gasteiger partial charge in [-0.15, -0.1) is 0 Å². The van der Waals surface area contributed by atoms with Gasteiger partial charge in [-0.2, -0.15) is 11.8 Å². The molecule has 0 spiro atoms. The molecule has 1 rings (SSSR count).